The van der Waals surface area contributed by atoms with Crippen LogP contribution in [0.15, 0.2) is 0 Å². The number of halogens is 3. The number of carbonyl (C=O) groups excluding carboxylic acids is 1. The molecule has 1 unspecified atom stereocenters. The lowest BCUT2D eigenvalue weighted by Gasteiger charge is -2.30. The third-order valence-corrected chi connectivity index (χ3v) is 2.46. The molecule has 1 aliphatic rings. The molecule has 7 heteroatoms. The summed E-state index contributed by atoms with van der Waals surface area (Å²) in [5.74, 6) is 0. The molecule has 0 saturated carbocycles. The van der Waals surface area contributed by atoms with E-state index in [1.54, 1.807) is 0 Å². The van der Waals surface area contributed by atoms with E-state index in [0.29, 0.717) is 12.8 Å². The zero-order chi connectivity index (χ0) is 12.3. The number of piperidine rings is 1. The maximum atomic E-state index is 12.1. The zero-order valence-electron chi connectivity index (χ0n) is 8.83. The molecule has 1 aliphatic heterocycles. The van der Waals surface area contributed by atoms with Crippen molar-refractivity contribution in [2.24, 2.45) is 0 Å². The Bertz CT molecular complexity index is 249. The first-order chi connectivity index (χ1) is 7.30. The van der Waals surface area contributed by atoms with Crippen molar-refractivity contribution >= 4 is 6.09 Å². The van der Waals surface area contributed by atoms with Crippen molar-refractivity contribution in [3.63, 3.8) is 0 Å². The molecular formula is C9H14F3NO3. The Morgan fingerprint density at radius 1 is 1.44 bits per heavy atom. The summed E-state index contributed by atoms with van der Waals surface area (Å²) in [6, 6.07) is 0. The second-order valence-corrected chi connectivity index (χ2v) is 3.79. The topological polar surface area (TPSA) is 49.8 Å². The fourth-order valence-corrected chi connectivity index (χ4v) is 1.34. The molecule has 1 atom stereocenters. The molecule has 16 heavy (non-hydrogen) atoms. The van der Waals surface area contributed by atoms with Crippen molar-refractivity contribution in [2.45, 2.75) is 38.1 Å². The van der Waals surface area contributed by atoms with Gasteiger partial charge in [0.25, 0.3) is 0 Å². The van der Waals surface area contributed by atoms with Gasteiger partial charge in [-0.2, -0.15) is 13.2 Å². The molecule has 0 aliphatic carbocycles. The first kappa shape index (κ1) is 13.1. The predicted octanol–water partition coefficient (Wildman–Crippen LogP) is 1.53. The lowest BCUT2D eigenvalue weighted by molar-refractivity contribution is -0.200. The van der Waals surface area contributed by atoms with Crippen LogP contribution in [0.3, 0.4) is 0 Å². The Labute approximate surface area is 91.0 Å². The van der Waals surface area contributed by atoms with E-state index in [-0.39, 0.29) is 13.1 Å². The van der Waals surface area contributed by atoms with Crippen LogP contribution < -0.4 is 0 Å². The molecular weight excluding hydrogens is 227 g/mol. The highest BCUT2D eigenvalue weighted by Crippen LogP contribution is 2.23. The second kappa shape index (κ2) is 4.90. The van der Waals surface area contributed by atoms with Crippen LogP contribution in [0.1, 0.15) is 19.8 Å². The number of likely N-dealkylation sites (tertiary alicyclic amines) is 1. The fourth-order valence-electron chi connectivity index (χ4n) is 1.34. The van der Waals surface area contributed by atoms with Gasteiger partial charge in [0.1, 0.15) is 0 Å². The third-order valence-electron chi connectivity index (χ3n) is 2.46. The number of hydrogen-bond donors (Lipinski definition) is 1. The first-order valence-electron chi connectivity index (χ1n) is 5.01. The van der Waals surface area contributed by atoms with E-state index < -0.39 is 24.5 Å². The van der Waals surface area contributed by atoms with Gasteiger partial charge in [0.05, 0.1) is 6.10 Å². The summed E-state index contributed by atoms with van der Waals surface area (Å²) in [5, 5.41) is 9.16. The number of hydrogen-bond acceptors (Lipinski definition) is 3. The summed E-state index contributed by atoms with van der Waals surface area (Å²) in [4.78, 5) is 12.5. The van der Waals surface area contributed by atoms with E-state index in [1.807, 2.05) is 0 Å². The van der Waals surface area contributed by atoms with Crippen LogP contribution in [-0.4, -0.2) is 47.6 Å². The van der Waals surface area contributed by atoms with Gasteiger partial charge >= 0.3 is 12.3 Å². The Morgan fingerprint density at radius 2 is 1.94 bits per heavy atom. The van der Waals surface area contributed by atoms with Gasteiger partial charge in [0.15, 0.2) is 6.10 Å². The molecule has 0 radical (unpaired) electrons. The number of amides is 1. The minimum atomic E-state index is -4.54. The van der Waals surface area contributed by atoms with Crippen LogP contribution in [0.2, 0.25) is 0 Å². The number of carbonyl (C=O) groups is 1. The number of alkyl halides is 3. The normalized spacial score (nSPS) is 20.7. The Kier molecular flexibility index (Phi) is 4.01. The summed E-state index contributed by atoms with van der Waals surface area (Å²) >= 11 is 0. The van der Waals surface area contributed by atoms with Crippen LogP contribution in [0.4, 0.5) is 18.0 Å². The van der Waals surface area contributed by atoms with Gasteiger partial charge in [-0.25, -0.2) is 4.79 Å². The molecule has 1 heterocycles. The van der Waals surface area contributed by atoms with Crippen molar-refractivity contribution in [3.8, 4) is 0 Å². The van der Waals surface area contributed by atoms with Crippen LogP contribution in [0.5, 0.6) is 0 Å². The zero-order valence-corrected chi connectivity index (χ0v) is 8.83. The molecule has 1 saturated heterocycles. The Hall–Kier alpha value is -0.980. The summed E-state index contributed by atoms with van der Waals surface area (Å²) in [6.45, 7) is 1.24. The van der Waals surface area contributed by atoms with Crippen molar-refractivity contribution in [1.82, 2.24) is 4.90 Å². The van der Waals surface area contributed by atoms with E-state index in [1.165, 1.54) is 4.90 Å². The molecule has 94 valence electrons. The van der Waals surface area contributed by atoms with Crippen LogP contribution >= 0.6 is 0 Å². The summed E-state index contributed by atoms with van der Waals surface area (Å²) in [7, 11) is 0. The van der Waals surface area contributed by atoms with E-state index in [4.69, 9.17) is 5.11 Å². The maximum absolute atomic E-state index is 12.1. The minimum Gasteiger partial charge on any atom is -0.437 e. The van der Waals surface area contributed by atoms with E-state index >= 15 is 0 Å². The van der Waals surface area contributed by atoms with Crippen molar-refractivity contribution < 1.29 is 27.8 Å². The lowest BCUT2D eigenvalue weighted by Crippen LogP contribution is -2.43. The van der Waals surface area contributed by atoms with Crippen LogP contribution in [0.25, 0.3) is 0 Å². The summed E-state index contributed by atoms with van der Waals surface area (Å²) in [6.07, 6.45) is -7.36. The molecule has 1 N–H and O–H groups in total. The van der Waals surface area contributed by atoms with Crippen molar-refractivity contribution in [3.05, 3.63) is 0 Å². The predicted molar refractivity (Wildman–Crippen MR) is 48.8 cm³/mol. The highest BCUT2D eigenvalue weighted by Gasteiger charge is 2.40. The molecule has 4 nitrogen and oxygen atoms in total. The molecule has 0 aromatic heterocycles. The molecule has 0 aromatic rings. The highest BCUT2D eigenvalue weighted by molar-refractivity contribution is 5.68. The monoisotopic (exact) mass is 241 g/mol. The molecule has 0 aromatic carbocycles. The van der Waals surface area contributed by atoms with Crippen LogP contribution in [0, 0.1) is 0 Å². The largest absolute Gasteiger partial charge is 0.437 e. The van der Waals surface area contributed by atoms with Gasteiger partial charge in [-0.15, -0.1) is 0 Å². The highest BCUT2D eigenvalue weighted by atomic mass is 19.4. The minimum absolute atomic E-state index is 0.227. The fraction of sp³-hybridized carbons (Fsp3) is 0.889. The number of aliphatic hydroxyl groups excluding tert-OH is 1. The van der Waals surface area contributed by atoms with E-state index in [2.05, 4.69) is 4.74 Å². The van der Waals surface area contributed by atoms with Gasteiger partial charge in [-0.05, 0) is 19.8 Å². The Balaban J connectivity index is 2.41. The lowest BCUT2D eigenvalue weighted by atomic mass is 10.1. The van der Waals surface area contributed by atoms with E-state index in [0.717, 1.165) is 6.92 Å². The van der Waals surface area contributed by atoms with Crippen LogP contribution in [-0.2, 0) is 4.74 Å². The second-order valence-electron chi connectivity index (χ2n) is 3.79. The number of rotatable bonds is 1. The van der Waals surface area contributed by atoms with Gasteiger partial charge in [0, 0.05) is 13.1 Å². The van der Waals surface area contributed by atoms with Crippen molar-refractivity contribution in [2.75, 3.05) is 13.1 Å². The molecule has 1 rings (SSSR count). The van der Waals surface area contributed by atoms with E-state index in [9.17, 15) is 18.0 Å². The average molecular weight is 241 g/mol. The Morgan fingerprint density at radius 3 is 2.38 bits per heavy atom. The number of ether oxygens (including phenoxy) is 1. The number of nitrogens with zero attached hydrogens (tertiary/aromatic N) is 1. The number of aliphatic hydroxyl groups is 1. The van der Waals surface area contributed by atoms with Gasteiger partial charge in [0.2, 0.25) is 0 Å². The van der Waals surface area contributed by atoms with Crippen molar-refractivity contribution in [1.29, 1.82) is 0 Å². The maximum Gasteiger partial charge on any atom is 0.425 e. The SMILES string of the molecule is CC(OC(=O)N1CCC(O)CC1)C(F)(F)F. The first-order valence-corrected chi connectivity index (χ1v) is 5.01. The summed E-state index contributed by atoms with van der Waals surface area (Å²) in [5.41, 5.74) is 0. The molecule has 1 amide bonds. The molecule has 1 fully saturated rings. The molecule has 0 spiro atoms. The summed E-state index contributed by atoms with van der Waals surface area (Å²) < 4.78 is 40.6. The standard InChI is InChI=1S/C9H14F3NO3/c1-6(9(10,11)12)16-8(15)13-4-2-7(14)3-5-13/h6-7,14H,2-5H2,1H3. The smallest absolute Gasteiger partial charge is 0.425 e. The van der Waals surface area contributed by atoms with Gasteiger partial charge < -0.3 is 14.7 Å². The third kappa shape index (κ3) is 3.55. The average Bonchev–Trinajstić information content (AvgIpc) is 2.17. The van der Waals surface area contributed by atoms with Gasteiger partial charge in [-0.3, -0.25) is 0 Å². The van der Waals surface area contributed by atoms with Gasteiger partial charge in [-0.1, -0.05) is 0 Å². The molecule has 0 bridgehead atoms. The quantitative estimate of drug-likeness (QED) is 0.757.